The van der Waals surface area contributed by atoms with E-state index in [9.17, 15) is 0 Å². The smallest absolute Gasteiger partial charge is 0.134 e. The van der Waals surface area contributed by atoms with Crippen LogP contribution in [-0.2, 0) is 13.2 Å². The molecule has 0 saturated carbocycles. The van der Waals surface area contributed by atoms with Crippen LogP contribution >= 0.6 is 27.5 Å². The van der Waals surface area contributed by atoms with Gasteiger partial charge in [-0.2, -0.15) is 0 Å². The highest BCUT2D eigenvalue weighted by molar-refractivity contribution is 9.10. The molecule has 4 aromatic rings. The van der Waals surface area contributed by atoms with E-state index in [0.29, 0.717) is 18.2 Å². The van der Waals surface area contributed by atoms with Crippen LogP contribution < -0.4 is 14.8 Å². The van der Waals surface area contributed by atoms with Gasteiger partial charge >= 0.3 is 0 Å². The van der Waals surface area contributed by atoms with Gasteiger partial charge in [-0.25, -0.2) is 0 Å². The minimum absolute atomic E-state index is 0.466. The van der Waals surface area contributed by atoms with Crippen molar-refractivity contribution in [2.75, 3.05) is 5.32 Å². The lowest BCUT2D eigenvalue weighted by Crippen LogP contribution is -2.00. The number of ether oxygens (including phenoxy) is 2. The monoisotopic (exact) mass is 493 g/mol. The standard InChI is InChI=1S/C26H21BrClNO2/c27-25-16-19(9-14-26(25)30-18-20-5-4-6-21(28)15-20)17-29-22-10-12-24(13-11-22)31-23-7-2-1-3-8-23/h1-16,29H,17-18H2. The van der Waals surface area contributed by atoms with Crippen molar-refractivity contribution < 1.29 is 9.47 Å². The number of hydrogen-bond acceptors (Lipinski definition) is 3. The first kappa shape index (κ1) is 21.3. The van der Waals surface area contributed by atoms with Gasteiger partial charge in [0.25, 0.3) is 0 Å². The first-order valence-electron chi connectivity index (χ1n) is 9.88. The first-order chi connectivity index (χ1) is 15.2. The molecule has 5 heteroatoms. The summed E-state index contributed by atoms with van der Waals surface area (Å²) in [5.41, 5.74) is 3.20. The van der Waals surface area contributed by atoms with Gasteiger partial charge in [-0.05, 0) is 87.7 Å². The summed E-state index contributed by atoms with van der Waals surface area (Å²) < 4.78 is 12.7. The van der Waals surface area contributed by atoms with Crippen molar-refractivity contribution in [1.82, 2.24) is 0 Å². The van der Waals surface area contributed by atoms with Crippen LogP contribution in [0.2, 0.25) is 5.02 Å². The number of para-hydroxylation sites is 1. The van der Waals surface area contributed by atoms with E-state index < -0.39 is 0 Å². The second-order valence-corrected chi connectivity index (χ2v) is 8.27. The maximum atomic E-state index is 6.03. The molecule has 0 fully saturated rings. The lowest BCUT2D eigenvalue weighted by atomic mass is 10.2. The maximum Gasteiger partial charge on any atom is 0.134 e. The van der Waals surface area contributed by atoms with Crippen molar-refractivity contribution in [2.45, 2.75) is 13.2 Å². The van der Waals surface area contributed by atoms with Crippen molar-refractivity contribution in [3.05, 3.63) is 118 Å². The van der Waals surface area contributed by atoms with Gasteiger partial charge in [0.05, 0.1) is 4.47 Å². The summed E-state index contributed by atoms with van der Waals surface area (Å²) in [5.74, 6) is 2.43. The summed E-state index contributed by atoms with van der Waals surface area (Å²) in [6.07, 6.45) is 0. The molecular formula is C26H21BrClNO2. The molecule has 1 N–H and O–H groups in total. The molecule has 4 aromatic carbocycles. The number of hydrogen-bond donors (Lipinski definition) is 1. The lowest BCUT2D eigenvalue weighted by Gasteiger charge is -2.12. The topological polar surface area (TPSA) is 30.5 Å². The van der Waals surface area contributed by atoms with Crippen LogP contribution in [-0.4, -0.2) is 0 Å². The number of nitrogens with one attached hydrogen (secondary N) is 1. The minimum atomic E-state index is 0.466. The Bertz CT molecular complexity index is 1130. The Morgan fingerprint density at radius 2 is 1.52 bits per heavy atom. The van der Waals surface area contributed by atoms with Crippen LogP contribution in [0.5, 0.6) is 17.2 Å². The molecule has 0 bridgehead atoms. The zero-order valence-electron chi connectivity index (χ0n) is 16.7. The molecule has 0 amide bonds. The summed E-state index contributed by atoms with van der Waals surface area (Å²) in [4.78, 5) is 0. The van der Waals surface area contributed by atoms with Gasteiger partial charge in [0.1, 0.15) is 23.9 Å². The van der Waals surface area contributed by atoms with Crippen molar-refractivity contribution in [1.29, 1.82) is 0 Å². The van der Waals surface area contributed by atoms with E-state index in [4.69, 9.17) is 21.1 Å². The van der Waals surface area contributed by atoms with Gasteiger partial charge in [0.2, 0.25) is 0 Å². The van der Waals surface area contributed by atoms with Gasteiger partial charge in [-0.15, -0.1) is 0 Å². The maximum absolute atomic E-state index is 6.03. The third-order valence-electron chi connectivity index (χ3n) is 4.61. The number of anilines is 1. The van der Waals surface area contributed by atoms with Gasteiger partial charge in [0.15, 0.2) is 0 Å². The molecule has 0 aromatic heterocycles. The van der Waals surface area contributed by atoms with Crippen LogP contribution in [0.15, 0.2) is 102 Å². The quantitative estimate of drug-likeness (QED) is 0.268. The molecule has 0 atom stereocenters. The fourth-order valence-electron chi connectivity index (χ4n) is 3.03. The highest BCUT2D eigenvalue weighted by Gasteiger charge is 2.05. The molecule has 0 aliphatic heterocycles. The third kappa shape index (κ3) is 6.27. The Kier molecular flexibility index (Phi) is 7.13. The van der Waals surface area contributed by atoms with Crippen molar-refractivity contribution >= 4 is 33.2 Å². The van der Waals surface area contributed by atoms with Gasteiger partial charge < -0.3 is 14.8 Å². The molecule has 0 radical (unpaired) electrons. The van der Waals surface area contributed by atoms with Crippen molar-refractivity contribution in [3.8, 4) is 17.2 Å². The van der Waals surface area contributed by atoms with Crippen LogP contribution in [0.3, 0.4) is 0 Å². The van der Waals surface area contributed by atoms with E-state index in [1.165, 1.54) is 0 Å². The second kappa shape index (κ2) is 10.4. The van der Waals surface area contributed by atoms with Crippen LogP contribution in [0.4, 0.5) is 5.69 Å². The van der Waals surface area contributed by atoms with Crippen LogP contribution in [0.25, 0.3) is 0 Å². The normalized spacial score (nSPS) is 10.5. The Morgan fingerprint density at radius 1 is 0.742 bits per heavy atom. The highest BCUT2D eigenvalue weighted by Crippen LogP contribution is 2.28. The third-order valence-corrected chi connectivity index (χ3v) is 5.46. The van der Waals surface area contributed by atoms with E-state index in [-0.39, 0.29) is 0 Å². The Hall–Kier alpha value is -2.95. The Balaban J connectivity index is 1.31. The summed E-state index contributed by atoms with van der Waals surface area (Å²) >= 11 is 9.64. The molecular weight excluding hydrogens is 474 g/mol. The Labute approximate surface area is 195 Å². The Morgan fingerprint density at radius 3 is 2.26 bits per heavy atom. The zero-order valence-corrected chi connectivity index (χ0v) is 19.1. The molecule has 0 saturated heterocycles. The highest BCUT2D eigenvalue weighted by atomic mass is 79.9. The van der Waals surface area contributed by atoms with E-state index in [1.807, 2.05) is 84.9 Å². The number of rotatable bonds is 8. The second-order valence-electron chi connectivity index (χ2n) is 6.98. The summed E-state index contributed by atoms with van der Waals surface area (Å²) in [5, 5.41) is 4.14. The molecule has 0 unspecified atom stereocenters. The van der Waals surface area contributed by atoms with E-state index in [0.717, 1.165) is 38.5 Å². The largest absolute Gasteiger partial charge is 0.488 e. The molecule has 0 heterocycles. The summed E-state index contributed by atoms with van der Waals surface area (Å²) in [6, 6.07) is 31.5. The van der Waals surface area contributed by atoms with Gasteiger partial charge in [-0.1, -0.05) is 48.0 Å². The fraction of sp³-hybridized carbons (Fsp3) is 0.0769. The first-order valence-corrected chi connectivity index (χ1v) is 11.1. The predicted molar refractivity (Wildman–Crippen MR) is 130 cm³/mol. The molecule has 0 aliphatic carbocycles. The average Bonchev–Trinajstić information content (AvgIpc) is 2.79. The molecule has 4 rings (SSSR count). The van der Waals surface area contributed by atoms with Gasteiger partial charge in [-0.3, -0.25) is 0 Å². The van der Waals surface area contributed by atoms with E-state index in [2.05, 4.69) is 33.4 Å². The average molecular weight is 495 g/mol. The fourth-order valence-corrected chi connectivity index (χ4v) is 3.78. The van der Waals surface area contributed by atoms with Crippen LogP contribution in [0, 0.1) is 0 Å². The van der Waals surface area contributed by atoms with Crippen molar-refractivity contribution in [2.24, 2.45) is 0 Å². The molecule has 156 valence electrons. The molecule has 31 heavy (non-hydrogen) atoms. The van der Waals surface area contributed by atoms with Crippen molar-refractivity contribution in [3.63, 3.8) is 0 Å². The van der Waals surface area contributed by atoms with Crippen LogP contribution in [0.1, 0.15) is 11.1 Å². The molecule has 0 spiro atoms. The SMILES string of the molecule is Clc1cccc(COc2ccc(CNc3ccc(Oc4ccccc4)cc3)cc2Br)c1. The number of benzene rings is 4. The predicted octanol–water partition coefficient (Wildman–Crippen LogP) is 8.09. The zero-order chi connectivity index (χ0) is 21.5. The molecule has 0 aliphatic rings. The van der Waals surface area contributed by atoms with E-state index >= 15 is 0 Å². The molecule has 3 nitrogen and oxygen atoms in total. The number of halogens is 2. The van der Waals surface area contributed by atoms with E-state index in [1.54, 1.807) is 0 Å². The summed E-state index contributed by atoms with van der Waals surface area (Å²) in [6.45, 7) is 1.17. The summed E-state index contributed by atoms with van der Waals surface area (Å²) in [7, 11) is 0. The lowest BCUT2D eigenvalue weighted by molar-refractivity contribution is 0.304. The van der Waals surface area contributed by atoms with Gasteiger partial charge in [0, 0.05) is 17.3 Å². The minimum Gasteiger partial charge on any atom is -0.488 e.